The number of rotatable bonds is 4. The molecule has 16 heavy (non-hydrogen) atoms. The van der Waals surface area contributed by atoms with Gasteiger partial charge in [0.25, 0.3) is 0 Å². The SMILES string of the molecule is CCC(C)(CC)C(=O)OC1(C)CCOC1=O. The van der Waals surface area contributed by atoms with Crippen molar-refractivity contribution in [3.63, 3.8) is 0 Å². The minimum Gasteiger partial charge on any atom is -0.463 e. The monoisotopic (exact) mass is 228 g/mol. The summed E-state index contributed by atoms with van der Waals surface area (Å²) >= 11 is 0. The van der Waals surface area contributed by atoms with Crippen LogP contribution in [0, 0.1) is 5.41 Å². The molecule has 0 amide bonds. The van der Waals surface area contributed by atoms with Gasteiger partial charge in [0.1, 0.15) is 0 Å². The Balaban J connectivity index is 2.74. The highest BCUT2D eigenvalue weighted by molar-refractivity contribution is 5.86. The molecule has 0 aromatic heterocycles. The van der Waals surface area contributed by atoms with Crippen LogP contribution >= 0.6 is 0 Å². The molecule has 0 aromatic carbocycles. The molecule has 1 aliphatic rings. The molecule has 0 radical (unpaired) electrons. The Labute approximate surface area is 96.3 Å². The Morgan fingerprint density at radius 1 is 1.50 bits per heavy atom. The molecule has 4 heteroatoms. The number of ether oxygens (including phenoxy) is 2. The minimum absolute atomic E-state index is 0.307. The number of esters is 2. The quantitative estimate of drug-likeness (QED) is 0.691. The smallest absolute Gasteiger partial charge is 0.350 e. The van der Waals surface area contributed by atoms with Crippen molar-refractivity contribution in [1.82, 2.24) is 0 Å². The topological polar surface area (TPSA) is 52.6 Å². The van der Waals surface area contributed by atoms with Crippen LogP contribution in [-0.4, -0.2) is 24.1 Å². The molecule has 0 bridgehead atoms. The van der Waals surface area contributed by atoms with Gasteiger partial charge in [-0.1, -0.05) is 13.8 Å². The highest BCUT2D eigenvalue weighted by Gasteiger charge is 2.46. The second-order valence-corrected chi connectivity index (χ2v) is 4.77. The van der Waals surface area contributed by atoms with Crippen LogP contribution in [0.4, 0.5) is 0 Å². The lowest BCUT2D eigenvalue weighted by Crippen LogP contribution is -2.41. The summed E-state index contributed by atoms with van der Waals surface area (Å²) in [6, 6.07) is 0. The first-order valence-electron chi connectivity index (χ1n) is 5.78. The fraction of sp³-hybridized carbons (Fsp3) is 0.833. The van der Waals surface area contributed by atoms with Crippen molar-refractivity contribution in [2.24, 2.45) is 5.41 Å². The van der Waals surface area contributed by atoms with E-state index in [1.54, 1.807) is 6.92 Å². The second kappa shape index (κ2) is 4.44. The first kappa shape index (κ1) is 13.0. The van der Waals surface area contributed by atoms with Crippen LogP contribution in [0.2, 0.25) is 0 Å². The molecular formula is C12H20O4. The highest BCUT2D eigenvalue weighted by Crippen LogP contribution is 2.32. The van der Waals surface area contributed by atoms with Gasteiger partial charge in [-0.05, 0) is 26.7 Å². The predicted molar refractivity (Wildman–Crippen MR) is 58.8 cm³/mol. The van der Waals surface area contributed by atoms with Gasteiger partial charge in [-0.2, -0.15) is 0 Å². The van der Waals surface area contributed by atoms with Gasteiger partial charge in [-0.3, -0.25) is 4.79 Å². The lowest BCUT2D eigenvalue weighted by atomic mass is 9.84. The van der Waals surface area contributed by atoms with E-state index in [2.05, 4.69) is 0 Å². The first-order chi connectivity index (χ1) is 7.38. The number of hydrogen-bond acceptors (Lipinski definition) is 4. The summed E-state index contributed by atoms with van der Waals surface area (Å²) in [5.74, 6) is -0.741. The maximum Gasteiger partial charge on any atom is 0.350 e. The van der Waals surface area contributed by atoms with E-state index >= 15 is 0 Å². The van der Waals surface area contributed by atoms with Crippen LogP contribution in [0.15, 0.2) is 0 Å². The van der Waals surface area contributed by atoms with Gasteiger partial charge in [0.2, 0.25) is 5.60 Å². The summed E-state index contributed by atoms with van der Waals surface area (Å²) < 4.78 is 10.2. The molecule has 4 nitrogen and oxygen atoms in total. The van der Waals surface area contributed by atoms with Crippen molar-refractivity contribution >= 4 is 11.9 Å². The van der Waals surface area contributed by atoms with Gasteiger partial charge in [0, 0.05) is 6.42 Å². The first-order valence-corrected chi connectivity index (χ1v) is 5.78. The maximum absolute atomic E-state index is 12.0. The summed E-state index contributed by atoms with van der Waals surface area (Å²) in [6.45, 7) is 7.70. The second-order valence-electron chi connectivity index (χ2n) is 4.77. The van der Waals surface area contributed by atoms with E-state index in [4.69, 9.17) is 9.47 Å². The van der Waals surface area contributed by atoms with Gasteiger partial charge in [-0.15, -0.1) is 0 Å². The molecule has 1 fully saturated rings. The fourth-order valence-electron chi connectivity index (χ4n) is 1.55. The van der Waals surface area contributed by atoms with Crippen molar-refractivity contribution in [3.8, 4) is 0 Å². The Bertz CT molecular complexity index is 293. The van der Waals surface area contributed by atoms with Crippen LogP contribution in [0.3, 0.4) is 0 Å². The van der Waals surface area contributed by atoms with Crippen LogP contribution in [0.5, 0.6) is 0 Å². The number of hydrogen-bond donors (Lipinski definition) is 0. The summed E-state index contributed by atoms with van der Waals surface area (Å²) in [5.41, 5.74) is -1.59. The van der Waals surface area contributed by atoms with Crippen molar-refractivity contribution in [3.05, 3.63) is 0 Å². The molecule has 0 N–H and O–H groups in total. The highest BCUT2D eigenvalue weighted by atomic mass is 16.6. The zero-order valence-electron chi connectivity index (χ0n) is 10.5. The summed E-state index contributed by atoms with van der Waals surface area (Å²) in [4.78, 5) is 23.4. The molecule has 1 unspecified atom stereocenters. The van der Waals surface area contributed by atoms with Gasteiger partial charge in [0.05, 0.1) is 12.0 Å². The predicted octanol–water partition coefficient (Wildman–Crippen LogP) is 2.06. The van der Waals surface area contributed by atoms with Crippen LogP contribution in [0.1, 0.15) is 47.0 Å². The molecule has 1 heterocycles. The van der Waals surface area contributed by atoms with E-state index in [0.717, 1.165) is 0 Å². The normalized spacial score (nSPS) is 25.4. The van der Waals surface area contributed by atoms with Crippen molar-refractivity contribution < 1.29 is 19.1 Å². The third-order valence-corrected chi connectivity index (χ3v) is 3.62. The third kappa shape index (κ3) is 2.20. The van der Waals surface area contributed by atoms with Crippen LogP contribution < -0.4 is 0 Å². The standard InChI is InChI=1S/C12H20O4/c1-5-11(3,6-2)9(13)16-12(4)7-8-15-10(12)14/h5-8H2,1-4H3. The molecular weight excluding hydrogens is 208 g/mol. The fourth-order valence-corrected chi connectivity index (χ4v) is 1.55. The summed E-state index contributed by atoms with van der Waals surface area (Å²) in [6.07, 6.45) is 1.85. The molecule has 0 aliphatic carbocycles. The van der Waals surface area contributed by atoms with Gasteiger partial charge >= 0.3 is 11.9 Å². The molecule has 0 spiro atoms. The lowest BCUT2D eigenvalue weighted by Gasteiger charge is -2.29. The Kier molecular flexibility index (Phi) is 3.61. The number of carbonyl (C=O) groups is 2. The van der Waals surface area contributed by atoms with E-state index < -0.39 is 17.0 Å². The molecule has 1 aliphatic heterocycles. The molecule has 1 saturated heterocycles. The molecule has 0 saturated carbocycles. The van der Waals surface area contributed by atoms with E-state index in [1.165, 1.54) is 0 Å². The average Bonchev–Trinajstić information content (AvgIpc) is 2.57. The van der Waals surface area contributed by atoms with Gasteiger partial charge < -0.3 is 9.47 Å². The largest absolute Gasteiger partial charge is 0.463 e. The minimum atomic E-state index is -1.08. The Morgan fingerprint density at radius 3 is 2.44 bits per heavy atom. The summed E-state index contributed by atoms with van der Waals surface area (Å²) in [5, 5.41) is 0. The lowest BCUT2D eigenvalue weighted by molar-refractivity contribution is -0.178. The number of carbonyl (C=O) groups excluding carboxylic acids is 2. The molecule has 0 aromatic rings. The van der Waals surface area contributed by atoms with Crippen molar-refractivity contribution in [2.45, 2.75) is 52.6 Å². The van der Waals surface area contributed by atoms with E-state index in [1.807, 2.05) is 20.8 Å². The van der Waals surface area contributed by atoms with Crippen molar-refractivity contribution in [2.75, 3.05) is 6.61 Å². The third-order valence-electron chi connectivity index (χ3n) is 3.62. The van der Waals surface area contributed by atoms with Crippen LogP contribution in [-0.2, 0) is 19.1 Å². The number of cyclic esters (lactones) is 1. The van der Waals surface area contributed by atoms with Gasteiger partial charge in [0.15, 0.2) is 0 Å². The van der Waals surface area contributed by atoms with Crippen LogP contribution in [0.25, 0.3) is 0 Å². The van der Waals surface area contributed by atoms with Gasteiger partial charge in [-0.25, -0.2) is 4.79 Å². The zero-order chi connectivity index (χ0) is 12.4. The average molecular weight is 228 g/mol. The maximum atomic E-state index is 12.0. The molecule has 1 rings (SSSR count). The molecule has 1 atom stereocenters. The molecule has 92 valence electrons. The van der Waals surface area contributed by atoms with E-state index in [9.17, 15) is 9.59 Å². The Hall–Kier alpha value is -1.06. The van der Waals surface area contributed by atoms with E-state index in [0.29, 0.717) is 25.9 Å². The Morgan fingerprint density at radius 2 is 2.06 bits per heavy atom. The van der Waals surface area contributed by atoms with E-state index in [-0.39, 0.29) is 5.97 Å². The zero-order valence-corrected chi connectivity index (χ0v) is 10.5. The summed E-state index contributed by atoms with van der Waals surface area (Å²) in [7, 11) is 0. The van der Waals surface area contributed by atoms with Crippen molar-refractivity contribution in [1.29, 1.82) is 0 Å².